The molecule has 1 aliphatic rings. The van der Waals surface area contributed by atoms with E-state index < -0.39 is 5.54 Å². The van der Waals surface area contributed by atoms with Gasteiger partial charge in [-0.15, -0.1) is 0 Å². The van der Waals surface area contributed by atoms with Crippen LogP contribution in [0, 0.1) is 5.92 Å². The van der Waals surface area contributed by atoms with Crippen molar-refractivity contribution in [2.75, 3.05) is 6.54 Å². The number of carbonyl (C=O) groups excluding carboxylic acids is 1. The second kappa shape index (κ2) is 8.28. The number of hydrogen-bond donors (Lipinski definition) is 2. The van der Waals surface area contributed by atoms with Crippen molar-refractivity contribution in [3.63, 3.8) is 0 Å². The third-order valence-electron chi connectivity index (χ3n) is 4.32. The average molecular weight is 301 g/mol. The zero-order valence-corrected chi connectivity index (χ0v) is 14.4. The Hall–Kier alpha value is -0.220. The first-order valence-electron chi connectivity index (χ1n) is 8.07. The van der Waals surface area contributed by atoms with Gasteiger partial charge in [0.15, 0.2) is 0 Å². The van der Waals surface area contributed by atoms with Crippen molar-refractivity contribution >= 4 is 17.7 Å². The molecule has 0 aromatic carbocycles. The lowest BCUT2D eigenvalue weighted by Crippen LogP contribution is -2.54. The molecule has 3 nitrogen and oxygen atoms in total. The number of nitrogens with one attached hydrogen (secondary N) is 1. The minimum atomic E-state index is -0.567. The Morgan fingerprint density at radius 2 is 2.20 bits per heavy atom. The fourth-order valence-electron chi connectivity index (χ4n) is 3.11. The van der Waals surface area contributed by atoms with E-state index in [2.05, 4.69) is 37.8 Å². The van der Waals surface area contributed by atoms with Gasteiger partial charge in [0.25, 0.3) is 0 Å². The number of nitrogens with two attached hydrogens (primary N) is 1. The molecule has 0 aliphatic heterocycles. The van der Waals surface area contributed by atoms with Crippen LogP contribution in [0.1, 0.15) is 66.2 Å². The molecule has 3 N–H and O–H groups in total. The van der Waals surface area contributed by atoms with Crippen molar-refractivity contribution in [1.29, 1.82) is 0 Å². The molecule has 118 valence electrons. The first-order chi connectivity index (χ1) is 9.37. The summed E-state index contributed by atoms with van der Waals surface area (Å²) in [6.07, 6.45) is 7.22. The van der Waals surface area contributed by atoms with Gasteiger partial charge in [0, 0.05) is 10.5 Å². The minimum Gasteiger partial charge on any atom is -0.368 e. The van der Waals surface area contributed by atoms with Gasteiger partial charge in [-0.2, -0.15) is 11.8 Å². The van der Waals surface area contributed by atoms with Crippen molar-refractivity contribution in [2.45, 2.75) is 82.3 Å². The molecule has 1 aliphatic carbocycles. The van der Waals surface area contributed by atoms with Crippen LogP contribution in [-0.2, 0) is 4.79 Å². The molecule has 0 aromatic rings. The smallest absolute Gasteiger partial charge is 0.237 e. The minimum absolute atomic E-state index is 0.226. The van der Waals surface area contributed by atoms with Gasteiger partial charge in [-0.3, -0.25) is 4.79 Å². The number of amides is 1. The van der Waals surface area contributed by atoms with Gasteiger partial charge in [-0.1, -0.05) is 33.6 Å². The number of hydrogen-bond acceptors (Lipinski definition) is 3. The van der Waals surface area contributed by atoms with Crippen LogP contribution in [0.25, 0.3) is 0 Å². The molecule has 20 heavy (non-hydrogen) atoms. The molecule has 1 rings (SSSR count). The van der Waals surface area contributed by atoms with Crippen molar-refractivity contribution in [2.24, 2.45) is 11.7 Å². The van der Waals surface area contributed by atoms with Crippen LogP contribution in [0.2, 0.25) is 0 Å². The first-order valence-corrected chi connectivity index (χ1v) is 9.02. The van der Waals surface area contributed by atoms with E-state index in [1.807, 2.05) is 6.92 Å². The fourth-order valence-corrected chi connectivity index (χ4v) is 4.94. The SMILES string of the molecule is CCCNC(C)(CC(C)SC1CCCC(C)C1)C(N)=O. The Morgan fingerprint density at radius 1 is 1.50 bits per heavy atom. The summed E-state index contributed by atoms with van der Waals surface area (Å²) in [5.41, 5.74) is 5.04. The van der Waals surface area contributed by atoms with E-state index in [9.17, 15) is 4.79 Å². The topological polar surface area (TPSA) is 55.1 Å². The first kappa shape index (κ1) is 17.8. The van der Waals surface area contributed by atoms with Crippen molar-refractivity contribution in [3.05, 3.63) is 0 Å². The molecule has 0 radical (unpaired) electrons. The number of primary amides is 1. The predicted molar refractivity (Wildman–Crippen MR) is 89.0 cm³/mol. The molecule has 1 amide bonds. The van der Waals surface area contributed by atoms with Crippen LogP contribution < -0.4 is 11.1 Å². The molecule has 0 saturated heterocycles. The summed E-state index contributed by atoms with van der Waals surface area (Å²) < 4.78 is 0. The van der Waals surface area contributed by atoms with E-state index in [1.54, 1.807) is 0 Å². The zero-order valence-electron chi connectivity index (χ0n) is 13.6. The monoisotopic (exact) mass is 300 g/mol. The van der Waals surface area contributed by atoms with Crippen LogP contribution in [0.3, 0.4) is 0 Å². The highest BCUT2D eigenvalue weighted by atomic mass is 32.2. The Balaban J connectivity index is 2.48. The van der Waals surface area contributed by atoms with Crippen molar-refractivity contribution in [1.82, 2.24) is 5.32 Å². The third-order valence-corrected chi connectivity index (χ3v) is 5.76. The molecule has 0 heterocycles. The van der Waals surface area contributed by atoms with Gasteiger partial charge in [-0.05, 0) is 45.1 Å². The van der Waals surface area contributed by atoms with Gasteiger partial charge in [-0.25, -0.2) is 0 Å². The van der Waals surface area contributed by atoms with Gasteiger partial charge >= 0.3 is 0 Å². The molecule has 0 bridgehead atoms. The van der Waals surface area contributed by atoms with Crippen LogP contribution in [0.15, 0.2) is 0 Å². The van der Waals surface area contributed by atoms with E-state index in [-0.39, 0.29) is 5.91 Å². The Morgan fingerprint density at radius 3 is 2.75 bits per heavy atom. The van der Waals surface area contributed by atoms with Gasteiger partial charge in [0.1, 0.15) is 0 Å². The van der Waals surface area contributed by atoms with Crippen LogP contribution >= 0.6 is 11.8 Å². The molecule has 4 atom stereocenters. The molecule has 1 saturated carbocycles. The van der Waals surface area contributed by atoms with Gasteiger partial charge in [0.05, 0.1) is 5.54 Å². The van der Waals surface area contributed by atoms with Gasteiger partial charge in [0.2, 0.25) is 5.91 Å². The Labute approximate surface area is 128 Å². The lowest BCUT2D eigenvalue weighted by Gasteiger charge is -2.33. The lowest BCUT2D eigenvalue weighted by molar-refractivity contribution is -0.124. The van der Waals surface area contributed by atoms with E-state index in [0.717, 1.165) is 30.6 Å². The standard InChI is InChI=1S/C16H32N2OS/c1-5-9-18-16(4,15(17)19)11-13(3)20-14-8-6-7-12(2)10-14/h12-14,18H,5-11H2,1-4H3,(H2,17,19). The van der Waals surface area contributed by atoms with Crippen LogP contribution in [0.5, 0.6) is 0 Å². The zero-order chi connectivity index (χ0) is 15.2. The molecular formula is C16H32N2OS. The highest BCUT2D eigenvalue weighted by Crippen LogP contribution is 2.36. The molecule has 1 fully saturated rings. The predicted octanol–water partition coefficient (Wildman–Crippen LogP) is 3.32. The summed E-state index contributed by atoms with van der Waals surface area (Å²) in [4.78, 5) is 11.8. The quantitative estimate of drug-likeness (QED) is 0.723. The summed E-state index contributed by atoms with van der Waals surface area (Å²) in [5, 5.41) is 4.56. The summed E-state index contributed by atoms with van der Waals surface area (Å²) in [5.74, 6) is 0.629. The fraction of sp³-hybridized carbons (Fsp3) is 0.938. The molecule has 0 spiro atoms. The number of thioether (sulfide) groups is 1. The summed E-state index contributed by atoms with van der Waals surface area (Å²) >= 11 is 2.05. The highest BCUT2D eigenvalue weighted by Gasteiger charge is 2.33. The Kier molecular flexibility index (Phi) is 7.38. The largest absolute Gasteiger partial charge is 0.368 e. The number of rotatable bonds is 8. The lowest BCUT2D eigenvalue weighted by atomic mass is 9.90. The maximum Gasteiger partial charge on any atom is 0.237 e. The summed E-state index contributed by atoms with van der Waals surface area (Å²) in [6.45, 7) is 9.49. The number of carbonyl (C=O) groups is 1. The van der Waals surface area contributed by atoms with E-state index >= 15 is 0 Å². The van der Waals surface area contributed by atoms with Crippen molar-refractivity contribution in [3.8, 4) is 0 Å². The summed E-state index contributed by atoms with van der Waals surface area (Å²) in [7, 11) is 0. The molecular weight excluding hydrogens is 268 g/mol. The van der Waals surface area contributed by atoms with E-state index in [0.29, 0.717) is 5.25 Å². The second-order valence-electron chi connectivity index (χ2n) is 6.67. The van der Waals surface area contributed by atoms with Crippen molar-refractivity contribution < 1.29 is 4.79 Å². The second-order valence-corrected chi connectivity index (χ2v) is 8.41. The maximum atomic E-state index is 11.8. The summed E-state index contributed by atoms with van der Waals surface area (Å²) in [6, 6.07) is 0. The Bertz CT molecular complexity index is 311. The third kappa shape index (κ3) is 5.65. The van der Waals surface area contributed by atoms with Crippen LogP contribution in [-0.4, -0.2) is 28.5 Å². The molecule has 4 heteroatoms. The average Bonchev–Trinajstić information content (AvgIpc) is 2.36. The molecule has 4 unspecified atom stereocenters. The maximum absolute atomic E-state index is 11.8. The van der Waals surface area contributed by atoms with Crippen LogP contribution in [0.4, 0.5) is 0 Å². The van der Waals surface area contributed by atoms with E-state index in [4.69, 9.17) is 5.73 Å². The molecule has 0 aromatic heterocycles. The van der Waals surface area contributed by atoms with Gasteiger partial charge < -0.3 is 11.1 Å². The van der Waals surface area contributed by atoms with E-state index in [1.165, 1.54) is 25.7 Å². The normalized spacial score (nSPS) is 27.8. The highest BCUT2D eigenvalue weighted by molar-refractivity contribution is 8.00.